The highest BCUT2D eigenvalue weighted by atomic mass is 16.5. The molecule has 8 heteroatoms. The Morgan fingerprint density at radius 2 is 2.07 bits per heavy atom. The highest BCUT2D eigenvalue weighted by molar-refractivity contribution is 5.94. The highest BCUT2D eigenvalue weighted by Gasteiger charge is 2.31. The minimum absolute atomic E-state index is 0.0477. The Morgan fingerprint density at radius 1 is 1.31 bits per heavy atom. The van der Waals surface area contributed by atoms with Gasteiger partial charge in [0.15, 0.2) is 5.43 Å². The zero-order chi connectivity index (χ0) is 20.5. The molecular weight excluding hydrogens is 370 g/mol. The monoisotopic (exact) mass is 395 g/mol. The van der Waals surface area contributed by atoms with Crippen LogP contribution in [0.1, 0.15) is 27.8 Å². The molecular formula is C21H25N5O3. The largest absolute Gasteiger partial charge is 0.373 e. The molecule has 2 aromatic heterocycles. The number of ether oxygens (including phenoxy) is 1. The maximum atomic E-state index is 12.7. The van der Waals surface area contributed by atoms with E-state index in [2.05, 4.69) is 39.5 Å². The zero-order valence-corrected chi connectivity index (χ0v) is 16.8. The first-order chi connectivity index (χ1) is 14.0. The van der Waals surface area contributed by atoms with E-state index in [1.807, 2.05) is 18.2 Å². The second kappa shape index (κ2) is 7.81. The number of H-pyrrole nitrogens is 1. The molecule has 0 saturated carbocycles. The van der Waals surface area contributed by atoms with Crippen molar-refractivity contribution in [3.63, 3.8) is 0 Å². The van der Waals surface area contributed by atoms with E-state index in [9.17, 15) is 9.59 Å². The first kappa shape index (κ1) is 19.4. The Morgan fingerprint density at radius 3 is 2.83 bits per heavy atom. The number of aryl methyl sites for hydroxylation is 2. The summed E-state index contributed by atoms with van der Waals surface area (Å²) >= 11 is 0. The number of aromatic nitrogens is 3. The molecule has 1 aliphatic heterocycles. The van der Waals surface area contributed by atoms with E-state index in [0.29, 0.717) is 29.9 Å². The number of nitrogens with zero attached hydrogens (tertiary/aromatic N) is 3. The third kappa shape index (κ3) is 3.68. The molecule has 0 bridgehead atoms. The number of hydrogen-bond acceptors (Lipinski definition) is 5. The van der Waals surface area contributed by atoms with Gasteiger partial charge in [-0.05, 0) is 19.5 Å². The zero-order valence-electron chi connectivity index (χ0n) is 16.8. The van der Waals surface area contributed by atoms with Gasteiger partial charge in [-0.3, -0.25) is 19.2 Å². The number of likely N-dealkylation sites (N-methyl/N-ethyl adjacent to an activating group) is 1. The summed E-state index contributed by atoms with van der Waals surface area (Å²) < 4.78 is 7.55. The molecule has 3 aromatic rings. The molecule has 1 saturated heterocycles. The van der Waals surface area contributed by atoms with Crippen molar-refractivity contribution in [1.82, 2.24) is 25.0 Å². The van der Waals surface area contributed by atoms with Gasteiger partial charge >= 0.3 is 0 Å². The summed E-state index contributed by atoms with van der Waals surface area (Å²) in [7, 11) is 3.80. The van der Waals surface area contributed by atoms with Gasteiger partial charge in [0.1, 0.15) is 11.3 Å². The summed E-state index contributed by atoms with van der Waals surface area (Å²) in [6, 6.07) is 11.5. The number of pyridine rings is 1. The Balaban J connectivity index is 1.53. The number of nitrogens with one attached hydrogen (secondary N) is 2. The van der Waals surface area contributed by atoms with Crippen LogP contribution in [0.15, 0.2) is 41.2 Å². The quantitative estimate of drug-likeness (QED) is 0.696. The van der Waals surface area contributed by atoms with E-state index in [1.54, 1.807) is 18.7 Å². The number of amides is 1. The van der Waals surface area contributed by atoms with Crippen molar-refractivity contribution in [3.05, 3.63) is 63.6 Å². The smallest absolute Gasteiger partial charge is 0.267 e. The average Bonchev–Trinajstić information content (AvgIpc) is 3.00. The van der Waals surface area contributed by atoms with Crippen molar-refractivity contribution in [2.24, 2.45) is 7.05 Å². The standard InChI is InChI=1S/C21H25N5O3/c1-13-18-16(27)11-15(23-20(18)26(3)24-13)21(28)22-12-17-19(25(2)9-10-29-17)14-7-5-4-6-8-14/h4-8,11,17,19H,9-10,12H2,1-3H3,(H,22,28)(H,23,27)/t17-,19-/m0/s1. The van der Waals surface area contributed by atoms with E-state index in [-0.39, 0.29) is 29.2 Å². The summed E-state index contributed by atoms with van der Waals surface area (Å²) in [6.45, 7) is 3.55. The minimum atomic E-state index is -0.341. The normalized spacial score (nSPS) is 20.1. The van der Waals surface area contributed by atoms with Crippen LogP contribution in [0.25, 0.3) is 11.0 Å². The highest BCUT2D eigenvalue weighted by Crippen LogP contribution is 2.27. The SMILES string of the molecule is Cc1nn(C)c2[nH]c(C(=O)NC[C@@H]3OCCN(C)[C@H]3c3ccccc3)cc(=O)c12. The van der Waals surface area contributed by atoms with Gasteiger partial charge in [0.25, 0.3) is 5.91 Å². The number of aromatic amines is 1. The van der Waals surface area contributed by atoms with E-state index in [0.717, 1.165) is 12.1 Å². The lowest BCUT2D eigenvalue weighted by Crippen LogP contribution is -2.48. The average molecular weight is 395 g/mol. The van der Waals surface area contributed by atoms with Crippen molar-refractivity contribution in [3.8, 4) is 0 Å². The third-order valence-electron chi connectivity index (χ3n) is 5.45. The van der Waals surface area contributed by atoms with Crippen LogP contribution in [0.3, 0.4) is 0 Å². The van der Waals surface area contributed by atoms with Gasteiger partial charge in [-0.25, -0.2) is 0 Å². The number of benzene rings is 1. The minimum Gasteiger partial charge on any atom is -0.373 e. The molecule has 8 nitrogen and oxygen atoms in total. The predicted octanol–water partition coefficient (Wildman–Crippen LogP) is 1.37. The summed E-state index contributed by atoms with van der Waals surface area (Å²) in [4.78, 5) is 30.5. The van der Waals surface area contributed by atoms with Crippen molar-refractivity contribution in [2.45, 2.75) is 19.1 Å². The lowest BCUT2D eigenvalue weighted by atomic mass is 9.98. The van der Waals surface area contributed by atoms with Crippen molar-refractivity contribution in [2.75, 3.05) is 26.7 Å². The molecule has 2 N–H and O–H groups in total. The van der Waals surface area contributed by atoms with Crippen molar-refractivity contribution >= 4 is 16.9 Å². The molecule has 3 heterocycles. The first-order valence-electron chi connectivity index (χ1n) is 9.67. The second-order valence-electron chi connectivity index (χ2n) is 7.44. The molecule has 29 heavy (non-hydrogen) atoms. The van der Waals surface area contributed by atoms with Gasteiger partial charge in [0, 0.05) is 26.2 Å². The van der Waals surface area contributed by atoms with Crippen molar-refractivity contribution < 1.29 is 9.53 Å². The lowest BCUT2D eigenvalue weighted by molar-refractivity contribution is -0.0605. The predicted molar refractivity (Wildman–Crippen MR) is 110 cm³/mol. The van der Waals surface area contributed by atoms with Crippen molar-refractivity contribution in [1.29, 1.82) is 0 Å². The van der Waals surface area contributed by atoms with Crippen LogP contribution < -0.4 is 10.7 Å². The Hall–Kier alpha value is -2.97. The van der Waals surface area contributed by atoms with Crippen LogP contribution >= 0.6 is 0 Å². The number of fused-ring (bicyclic) bond motifs is 1. The van der Waals surface area contributed by atoms with Crippen LogP contribution in [-0.4, -0.2) is 58.4 Å². The number of rotatable bonds is 4. The van der Waals surface area contributed by atoms with Crippen LogP contribution in [-0.2, 0) is 11.8 Å². The number of morpholine rings is 1. The molecule has 1 fully saturated rings. The first-order valence-corrected chi connectivity index (χ1v) is 9.67. The van der Waals surface area contributed by atoms with Gasteiger partial charge in [0.05, 0.1) is 29.8 Å². The van der Waals surface area contributed by atoms with E-state index < -0.39 is 0 Å². The Bertz CT molecular complexity index is 1090. The molecule has 2 atom stereocenters. The van der Waals surface area contributed by atoms with Gasteiger partial charge in [-0.15, -0.1) is 0 Å². The molecule has 0 radical (unpaired) electrons. The number of carbonyl (C=O) groups excluding carboxylic acids is 1. The molecule has 0 aliphatic carbocycles. The molecule has 4 rings (SSSR count). The Kier molecular flexibility index (Phi) is 5.21. The fourth-order valence-electron chi connectivity index (χ4n) is 4.03. The second-order valence-corrected chi connectivity index (χ2v) is 7.44. The van der Waals surface area contributed by atoms with Crippen LogP contribution in [0, 0.1) is 6.92 Å². The fourth-order valence-corrected chi connectivity index (χ4v) is 4.03. The molecule has 152 valence electrons. The topological polar surface area (TPSA) is 92.2 Å². The van der Waals surface area contributed by atoms with E-state index in [4.69, 9.17) is 4.74 Å². The summed E-state index contributed by atoms with van der Waals surface area (Å²) in [5.41, 5.74) is 2.32. The molecule has 1 amide bonds. The van der Waals surface area contributed by atoms with Gasteiger partial charge < -0.3 is 15.0 Å². The third-order valence-corrected chi connectivity index (χ3v) is 5.45. The number of carbonyl (C=O) groups is 1. The molecule has 0 spiro atoms. The maximum Gasteiger partial charge on any atom is 0.267 e. The summed E-state index contributed by atoms with van der Waals surface area (Å²) in [6.07, 6.45) is -0.186. The molecule has 1 aliphatic rings. The van der Waals surface area contributed by atoms with Crippen LogP contribution in [0.2, 0.25) is 0 Å². The van der Waals surface area contributed by atoms with Crippen LogP contribution in [0.4, 0.5) is 0 Å². The summed E-state index contributed by atoms with van der Waals surface area (Å²) in [5.74, 6) is -0.341. The fraction of sp³-hybridized carbons (Fsp3) is 0.381. The summed E-state index contributed by atoms with van der Waals surface area (Å²) in [5, 5.41) is 7.67. The van der Waals surface area contributed by atoms with Gasteiger partial charge in [-0.2, -0.15) is 5.10 Å². The van der Waals surface area contributed by atoms with Gasteiger partial charge in [-0.1, -0.05) is 30.3 Å². The maximum absolute atomic E-state index is 12.7. The van der Waals surface area contributed by atoms with Crippen LogP contribution in [0.5, 0.6) is 0 Å². The van der Waals surface area contributed by atoms with Gasteiger partial charge in [0.2, 0.25) is 0 Å². The molecule has 0 unspecified atom stereocenters. The van der Waals surface area contributed by atoms with E-state index in [1.165, 1.54) is 6.07 Å². The lowest BCUT2D eigenvalue weighted by Gasteiger charge is -2.39. The Labute approximate surface area is 168 Å². The van der Waals surface area contributed by atoms with E-state index >= 15 is 0 Å². The number of hydrogen-bond donors (Lipinski definition) is 2. The molecule has 1 aromatic carbocycles.